The van der Waals surface area contributed by atoms with Crippen LogP contribution in [0.1, 0.15) is 0 Å². The normalized spacial score (nSPS) is 11.8. The topological polar surface area (TPSA) is 0 Å². The van der Waals surface area contributed by atoms with Gasteiger partial charge in [-0.2, -0.15) is 0 Å². The van der Waals surface area contributed by atoms with Crippen LogP contribution >= 0.6 is 0 Å². The van der Waals surface area contributed by atoms with Crippen LogP contribution in [0.15, 0.2) is 164 Å². The molecule has 0 aliphatic rings. The highest BCUT2D eigenvalue weighted by Gasteiger charge is 2.20. The molecule has 0 aromatic heterocycles. The van der Waals surface area contributed by atoms with Crippen LogP contribution in [0.25, 0.3) is 76.8 Å². The van der Waals surface area contributed by atoms with Gasteiger partial charge in [-0.15, -0.1) is 0 Å². The summed E-state index contributed by atoms with van der Waals surface area (Å²) in [7, 11) is -1.48. The van der Waals surface area contributed by atoms with E-state index in [4.69, 9.17) is 0 Å². The molecule has 8 rings (SSSR count). The van der Waals surface area contributed by atoms with Crippen molar-refractivity contribution in [1.82, 2.24) is 0 Å². The van der Waals surface area contributed by atoms with Gasteiger partial charge in [-0.3, -0.25) is 0 Å². The fourth-order valence-electron chi connectivity index (χ4n) is 7.07. The molecule has 0 unspecified atom stereocenters. The molecule has 1 heteroatoms. The van der Waals surface area contributed by atoms with Crippen LogP contribution in [0.3, 0.4) is 0 Å². The molecule has 0 spiro atoms. The molecule has 0 amide bonds. The molecule has 0 atom stereocenters. The lowest BCUT2D eigenvalue weighted by atomic mass is 9.85. The molecule has 0 nitrogen and oxygen atoms in total. The minimum atomic E-state index is -1.48. The van der Waals surface area contributed by atoms with Gasteiger partial charge in [0.25, 0.3) is 0 Å². The van der Waals surface area contributed by atoms with E-state index in [1.165, 1.54) is 82.0 Å². The van der Waals surface area contributed by atoms with Crippen molar-refractivity contribution in [3.05, 3.63) is 164 Å². The summed E-state index contributed by atoms with van der Waals surface area (Å²) < 4.78 is 0. The van der Waals surface area contributed by atoms with E-state index in [1.54, 1.807) is 0 Å². The minimum Gasteiger partial charge on any atom is -0.0656 e. The number of benzene rings is 8. The van der Waals surface area contributed by atoms with E-state index in [2.05, 4.69) is 183 Å². The van der Waals surface area contributed by atoms with Gasteiger partial charge in [0.05, 0.1) is 8.07 Å². The maximum atomic E-state index is 2.45. The molecule has 0 N–H and O–H groups in total. The molecule has 0 saturated heterocycles. The zero-order chi connectivity index (χ0) is 31.3. The predicted molar refractivity (Wildman–Crippen MR) is 204 cm³/mol. The van der Waals surface area contributed by atoms with Gasteiger partial charge in [0.2, 0.25) is 0 Å². The van der Waals surface area contributed by atoms with E-state index in [-0.39, 0.29) is 0 Å². The van der Waals surface area contributed by atoms with E-state index < -0.39 is 8.07 Å². The molecule has 8 aromatic rings. The first-order chi connectivity index (χ1) is 22.5. The summed E-state index contributed by atoms with van der Waals surface area (Å²) in [6, 6.07) is 60.6. The second kappa shape index (κ2) is 11.3. The third-order valence-corrected chi connectivity index (χ3v) is 11.4. The predicted octanol–water partition coefficient (Wildman–Crippen LogP) is 12.4. The van der Waals surface area contributed by atoms with Gasteiger partial charge in [-0.1, -0.05) is 176 Å². The van der Waals surface area contributed by atoms with Crippen molar-refractivity contribution in [2.24, 2.45) is 0 Å². The SMILES string of the molecule is C[Si](C)(C)c1cccc(-c2c3ccccc3c(-c3ccc4cccc(-c5cccc(-c6ccccc6)c5)c4c3)c3ccccc23)c1. The van der Waals surface area contributed by atoms with Crippen LogP contribution in [0, 0.1) is 0 Å². The number of hydrogen-bond donors (Lipinski definition) is 0. The molecule has 0 bridgehead atoms. The highest BCUT2D eigenvalue weighted by molar-refractivity contribution is 6.88. The largest absolute Gasteiger partial charge is 0.0776 e. The summed E-state index contributed by atoms with van der Waals surface area (Å²) in [6.07, 6.45) is 0. The van der Waals surface area contributed by atoms with Gasteiger partial charge in [0.15, 0.2) is 0 Å². The van der Waals surface area contributed by atoms with Gasteiger partial charge in [0, 0.05) is 0 Å². The van der Waals surface area contributed by atoms with Crippen molar-refractivity contribution >= 4 is 45.6 Å². The molecule has 8 aromatic carbocycles. The quantitative estimate of drug-likeness (QED) is 0.135. The zero-order valence-corrected chi connectivity index (χ0v) is 27.6. The van der Waals surface area contributed by atoms with Crippen LogP contribution < -0.4 is 5.19 Å². The molecule has 0 saturated carbocycles. The number of rotatable bonds is 5. The summed E-state index contributed by atoms with van der Waals surface area (Å²) in [5.74, 6) is 0. The average Bonchev–Trinajstić information content (AvgIpc) is 3.10. The van der Waals surface area contributed by atoms with Crippen molar-refractivity contribution in [2.45, 2.75) is 19.6 Å². The van der Waals surface area contributed by atoms with Crippen LogP contribution in [0.2, 0.25) is 19.6 Å². The standard InChI is InChI=1S/C45H36Si/c1-46(2,3)37-20-12-19-35(29-37)44-39-21-7-9-23-41(39)45(42-24-10-8-22-40(42)44)36-27-26-32-16-13-25-38(43(32)30-36)34-18-11-17-33(28-34)31-14-5-4-6-15-31/h4-30H,1-3H3. The summed E-state index contributed by atoms with van der Waals surface area (Å²) >= 11 is 0. The fraction of sp³-hybridized carbons (Fsp3) is 0.0667. The Hall–Kier alpha value is -5.24. The number of hydrogen-bond acceptors (Lipinski definition) is 0. The van der Waals surface area contributed by atoms with Crippen LogP contribution in [0.5, 0.6) is 0 Å². The lowest BCUT2D eigenvalue weighted by molar-refractivity contribution is 1.60. The molecular formula is C45H36Si. The first-order valence-corrected chi connectivity index (χ1v) is 19.7. The van der Waals surface area contributed by atoms with E-state index in [1.807, 2.05) is 0 Å². The van der Waals surface area contributed by atoms with E-state index in [0.29, 0.717) is 0 Å². The Morgan fingerprint density at radius 2 is 0.848 bits per heavy atom. The zero-order valence-electron chi connectivity index (χ0n) is 26.6. The lowest BCUT2D eigenvalue weighted by Crippen LogP contribution is -2.37. The average molecular weight is 605 g/mol. The van der Waals surface area contributed by atoms with Crippen LogP contribution in [-0.4, -0.2) is 8.07 Å². The van der Waals surface area contributed by atoms with Crippen molar-refractivity contribution in [1.29, 1.82) is 0 Å². The van der Waals surface area contributed by atoms with E-state index in [0.717, 1.165) is 0 Å². The molecule has 0 aliphatic heterocycles. The third-order valence-electron chi connectivity index (χ3n) is 9.40. The molecule has 0 heterocycles. The molecule has 46 heavy (non-hydrogen) atoms. The molecular weight excluding hydrogens is 569 g/mol. The Bertz CT molecular complexity index is 2340. The maximum absolute atomic E-state index is 2.45. The molecule has 0 fully saturated rings. The Kier molecular flexibility index (Phi) is 6.93. The summed E-state index contributed by atoms with van der Waals surface area (Å²) in [4.78, 5) is 0. The Morgan fingerprint density at radius 1 is 0.326 bits per heavy atom. The molecule has 0 radical (unpaired) electrons. The summed E-state index contributed by atoms with van der Waals surface area (Å²) in [5, 5.41) is 9.18. The number of fused-ring (bicyclic) bond motifs is 3. The Morgan fingerprint density at radius 3 is 1.50 bits per heavy atom. The van der Waals surface area contributed by atoms with Crippen molar-refractivity contribution < 1.29 is 0 Å². The van der Waals surface area contributed by atoms with Crippen molar-refractivity contribution in [3.8, 4) is 44.5 Å². The van der Waals surface area contributed by atoms with Gasteiger partial charge < -0.3 is 0 Å². The second-order valence-corrected chi connectivity index (χ2v) is 18.4. The lowest BCUT2D eigenvalue weighted by Gasteiger charge is -2.21. The van der Waals surface area contributed by atoms with Crippen molar-refractivity contribution in [2.75, 3.05) is 0 Å². The maximum Gasteiger partial charge on any atom is 0.0776 e. The first kappa shape index (κ1) is 28.2. The third kappa shape index (κ3) is 4.94. The van der Waals surface area contributed by atoms with Gasteiger partial charge in [-0.05, 0) is 89.0 Å². The Labute approximate surface area is 272 Å². The summed E-state index contributed by atoms with van der Waals surface area (Å²) in [6.45, 7) is 7.28. The summed E-state index contributed by atoms with van der Waals surface area (Å²) in [5.41, 5.74) is 10.1. The minimum absolute atomic E-state index is 1.23. The van der Waals surface area contributed by atoms with E-state index >= 15 is 0 Å². The first-order valence-electron chi connectivity index (χ1n) is 16.2. The monoisotopic (exact) mass is 604 g/mol. The van der Waals surface area contributed by atoms with E-state index in [9.17, 15) is 0 Å². The second-order valence-electron chi connectivity index (χ2n) is 13.4. The van der Waals surface area contributed by atoms with Gasteiger partial charge >= 0.3 is 0 Å². The molecule has 220 valence electrons. The Balaban J connectivity index is 1.37. The smallest absolute Gasteiger partial charge is 0.0656 e. The van der Waals surface area contributed by atoms with Crippen LogP contribution in [-0.2, 0) is 0 Å². The van der Waals surface area contributed by atoms with Gasteiger partial charge in [-0.25, -0.2) is 0 Å². The highest BCUT2D eigenvalue weighted by Crippen LogP contribution is 2.44. The van der Waals surface area contributed by atoms with Gasteiger partial charge in [0.1, 0.15) is 0 Å². The highest BCUT2D eigenvalue weighted by atomic mass is 28.3. The van der Waals surface area contributed by atoms with Crippen LogP contribution in [0.4, 0.5) is 0 Å². The molecule has 0 aliphatic carbocycles. The fourth-order valence-corrected chi connectivity index (χ4v) is 8.25. The van der Waals surface area contributed by atoms with Crippen molar-refractivity contribution in [3.63, 3.8) is 0 Å².